The summed E-state index contributed by atoms with van der Waals surface area (Å²) in [5, 5.41) is 2.94. The average Bonchev–Trinajstić information content (AvgIpc) is 2.65. The molecule has 2 aromatic carbocycles. The number of rotatable bonds is 9. The van der Waals surface area contributed by atoms with Crippen LogP contribution in [-0.4, -0.2) is 38.4 Å². The van der Waals surface area contributed by atoms with Gasteiger partial charge in [-0.3, -0.25) is 0 Å². The third-order valence-corrected chi connectivity index (χ3v) is 5.19. The molecule has 0 saturated carbocycles. The van der Waals surface area contributed by atoms with E-state index in [1.54, 1.807) is 40.9 Å². The number of urea groups is 1. The second-order valence-corrected chi connectivity index (χ2v) is 8.82. The molecule has 2 rings (SSSR count). The highest BCUT2D eigenvalue weighted by Crippen LogP contribution is 2.19. The molecule has 8 heteroatoms. The number of nitrogens with zero attached hydrogens (tertiary/aromatic N) is 1. The highest BCUT2D eigenvalue weighted by atomic mass is 32.2. The van der Waals surface area contributed by atoms with Crippen molar-refractivity contribution in [1.82, 2.24) is 4.90 Å². The van der Waals surface area contributed by atoms with E-state index in [0.29, 0.717) is 13.1 Å². The predicted molar refractivity (Wildman–Crippen MR) is 114 cm³/mol. The predicted octanol–water partition coefficient (Wildman–Crippen LogP) is 4.58. The Kier molecular flexibility index (Phi) is 8.19. The Morgan fingerprint density at radius 1 is 1.11 bits per heavy atom. The molecule has 0 heterocycles. The van der Waals surface area contributed by atoms with E-state index in [1.807, 2.05) is 30.5 Å². The van der Waals surface area contributed by atoms with Crippen LogP contribution < -0.4 is 9.50 Å². The average molecular weight is 423 g/mol. The van der Waals surface area contributed by atoms with Crippen LogP contribution in [-0.2, 0) is 16.7 Å². The molecular weight excluding hydrogens is 396 g/mol. The van der Waals surface area contributed by atoms with Crippen LogP contribution in [0.1, 0.15) is 25.3 Å². The van der Waals surface area contributed by atoms with Crippen molar-refractivity contribution in [3.63, 3.8) is 0 Å². The van der Waals surface area contributed by atoms with Crippen LogP contribution in [0.25, 0.3) is 0 Å². The van der Waals surface area contributed by atoms with E-state index >= 15 is 0 Å². The molecule has 0 aliphatic heterocycles. The monoisotopic (exact) mass is 422 g/mol. The number of hydrogen-bond donors (Lipinski definition) is 1. The first-order valence-electron chi connectivity index (χ1n) is 8.99. The second kappa shape index (κ2) is 10.4. The minimum absolute atomic E-state index is 0.165. The van der Waals surface area contributed by atoms with Crippen LogP contribution in [0.15, 0.2) is 53.4 Å². The Morgan fingerprint density at radius 3 is 2.29 bits per heavy atom. The van der Waals surface area contributed by atoms with E-state index in [4.69, 9.17) is 4.18 Å². The number of thioether (sulfide) groups is 1. The lowest BCUT2D eigenvalue weighted by Crippen LogP contribution is -2.35. The topological polar surface area (TPSA) is 75.7 Å². The van der Waals surface area contributed by atoms with Gasteiger partial charge in [-0.25, -0.2) is 4.79 Å². The zero-order valence-corrected chi connectivity index (χ0v) is 18.0. The number of nitrogens with one attached hydrogen (secondary N) is 1. The fraction of sp³-hybridized carbons (Fsp3) is 0.350. The van der Waals surface area contributed by atoms with Gasteiger partial charge in [0.05, 0.1) is 6.26 Å². The summed E-state index contributed by atoms with van der Waals surface area (Å²) in [4.78, 5) is 15.6. The molecule has 6 nitrogen and oxygen atoms in total. The largest absolute Gasteiger partial charge is 0.383 e. The van der Waals surface area contributed by atoms with E-state index in [1.165, 1.54) is 0 Å². The summed E-state index contributed by atoms with van der Waals surface area (Å²) in [6.07, 6.45) is 4.89. The third kappa shape index (κ3) is 7.44. The number of hydrogen-bond acceptors (Lipinski definition) is 5. The molecule has 0 aliphatic carbocycles. The van der Waals surface area contributed by atoms with Crippen molar-refractivity contribution in [2.75, 3.05) is 24.4 Å². The Balaban J connectivity index is 2.06. The molecule has 0 fully saturated rings. The lowest BCUT2D eigenvalue weighted by molar-refractivity contribution is 0.208. The van der Waals surface area contributed by atoms with Gasteiger partial charge in [-0.2, -0.15) is 8.42 Å². The first-order chi connectivity index (χ1) is 13.3. The van der Waals surface area contributed by atoms with Crippen molar-refractivity contribution >= 4 is 33.6 Å². The summed E-state index contributed by atoms with van der Waals surface area (Å²) in [5.41, 5.74) is 1.64. The fourth-order valence-electron chi connectivity index (χ4n) is 2.52. The van der Waals surface area contributed by atoms with Gasteiger partial charge in [0.25, 0.3) is 0 Å². The number of amides is 2. The highest BCUT2D eigenvalue weighted by Gasteiger charge is 2.14. The Labute approximate surface area is 171 Å². The third-order valence-electron chi connectivity index (χ3n) is 3.95. The van der Waals surface area contributed by atoms with E-state index in [0.717, 1.165) is 35.2 Å². The number of carbonyl (C=O) groups is 1. The van der Waals surface area contributed by atoms with Crippen LogP contribution in [0.3, 0.4) is 0 Å². The maximum absolute atomic E-state index is 12.7. The van der Waals surface area contributed by atoms with E-state index < -0.39 is 10.1 Å². The molecule has 1 N–H and O–H groups in total. The molecule has 0 bridgehead atoms. The lowest BCUT2D eigenvalue weighted by atomic mass is 10.2. The molecule has 0 aliphatic rings. The molecule has 0 spiro atoms. The van der Waals surface area contributed by atoms with Gasteiger partial charge >= 0.3 is 16.1 Å². The van der Waals surface area contributed by atoms with Gasteiger partial charge in [0, 0.05) is 23.7 Å². The summed E-state index contributed by atoms with van der Waals surface area (Å²) >= 11 is 1.65. The van der Waals surface area contributed by atoms with Crippen molar-refractivity contribution in [3.05, 3.63) is 54.1 Å². The summed E-state index contributed by atoms with van der Waals surface area (Å²) in [5.74, 6) is 0.254. The van der Waals surface area contributed by atoms with E-state index in [2.05, 4.69) is 12.2 Å². The zero-order chi connectivity index (χ0) is 20.6. The molecule has 2 aromatic rings. The summed E-state index contributed by atoms with van der Waals surface area (Å²) in [6, 6.07) is 14.3. The van der Waals surface area contributed by atoms with E-state index in [-0.39, 0.29) is 11.8 Å². The maximum Gasteiger partial charge on any atom is 0.322 e. The van der Waals surface area contributed by atoms with Crippen LogP contribution in [0.2, 0.25) is 0 Å². The minimum atomic E-state index is -3.55. The van der Waals surface area contributed by atoms with Gasteiger partial charge in [-0.15, -0.1) is 11.8 Å². The van der Waals surface area contributed by atoms with Gasteiger partial charge in [-0.1, -0.05) is 25.5 Å². The molecule has 0 atom stereocenters. The molecule has 152 valence electrons. The number of carbonyl (C=O) groups excluding carboxylic acids is 1. The van der Waals surface area contributed by atoms with Crippen molar-refractivity contribution in [2.24, 2.45) is 0 Å². The molecule has 28 heavy (non-hydrogen) atoms. The molecule has 0 radical (unpaired) electrons. The smallest absolute Gasteiger partial charge is 0.322 e. The van der Waals surface area contributed by atoms with Gasteiger partial charge in [0.2, 0.25) is 0 Å². The molecule has 0 aromatic heterocycles. The standard InChI is InChI=1S/C20H26N2O4S2/c1-4-5-14-22(20(23)21-17-8-12-19(27-2)13-9-17)15-16-6-10-18(11-7-16)26-28(3,24)25/h6-13H,4-5,14-15H2,1-3H3,(H,21,23). The second-order valence-electron chi connectivity index (χ2n) is 6.37. The normalized spacial score (nSPS) is 11.1. The van der Waals surface area contributed by atoms with Gasteiger partial charge in [0.1, 0.15) is 5.75 Å². The lowest BCUT2D eigenvalue weighted by Gasteiger charge is -2.23. The Morgan fingerprint density at radius 2 is 1.75 bits per heavy atom. The molecule has 0 saturated heterocycles. The summed E-state index contributed by atoms with van der Waals surface area (Å²) in [6.45, 7) is 3.13. The molecular formula is C20H26N2O4S2. The molecule has 0 unspecified atom stereocenters. The number of benzene rings is 2. The van der Waals surface area contributed by atoms with Gasteiger partial charge in [0.15, 0.2) is 0 Å². The van der Waals surface area contributed by atoms with Crippen molar-refractivity contribution in [2.45, 2.75) is 31.2 Å². The summed E-state index contributed by atoms with van der Waals surface area (Å²) in [7, 11) is -3.55. The highest BCUT2D eigenvalue weighted by molar-refractivity contribution is 7.98. The summed E-state index contributed by atoms with van der Waals surface area (Å²) < 4.78 is 27.2. The first kappa shape index (κ1) is 22.1. The SMILES string of the molecule is CCCCN(Cc1ccc(OS(C)(=O)=O)cc1)C(=O)Nc1ccc(SC)cc1. The van der Waals surface area contributed by atoms with Crippen LogP contribution in [0.5, 0.6) is 5.75 Å². The minimum Gasteiger partial charge on any atom is -0.383 e. The van der Waals surface area contributed by atoms with Crippen molar-refractivity contribution < 1.29 is 17.4 Å². The first-order valence-corrected chi connectivity index (χ1v) is 12.0. The quantitative estimate of drug-likeness (QED) is 0.473. The molecule has 2 amide bonds. The van der Waals surface area contributed by atoms with Gasteiger partial charge in [-0.05, 0) is 54.6 Å². The maximum atomic E-state index is 12.7. The Bertz CT molecular complexity index is 866. The Hall–Kier alpha value is -2.19. The van der Waals surface area contributed by atoms with Crippen LogP contribution in [0, 0.1) is 0 Å². The number of unbranched alkanes of at least 4 members (excludes halogenated alkanes) is 1. The van der Waals surface area contributed by atoms with E-state index in [9.17, 15) is 13.2 Å². The van der Waals surface area contributed by atoms with Crippen LogP contribution in [0.4, 0.5) is 10.5 Å². The fourth-order valence-corrected chi connectivity index (χ4v) is 3.39. The number of anilines is 1. The van der Waals surface area contributed by atoms with Crippen LogP contribution >= 0.6 is 11.8 Å². The van der Waals surface area contributed by atoms with Crippen molar-refractivity contribution in [3.8, 4) is 5.75 Å². The van der Waals surface area contributed by atoms with Crippen molar-refractivity contribution in [1.29, 1.82) is 0 Å². The van der Waals surface area contributed by atoms with Gasteiger partial charge < -0.3 is 14.4 Å². The zero-order valence-electron chi connectivity index (χ0n) is 16.3.